The first-order valence-electron chi connectivity index (χ1n) is 10.5. The predicted octanol–water partition coefficient (Wildman–Crippen LogP) is 4.85. The van der Waals surface area contributed by atoms with Gasteiger partial charge in [-0.3, -0.25) is 4.40 Å². The van der Waals surface area contributed by atoms with Crippen LogP contribution in [-0.2, 0) is 9.57 Å². The number of pyridine rings is 1. The first kappa shape index (κ1) is 23.7. The average molecular weight is 457 g/mol. The number of imidazole rings is 1. The average Bonchev–Trinajstić information content (AvgIpc) is 3.21. The summed E-state index contributed by atoms with van der Waals surface area (Å²) < 4.78 is 7.50. The zero-order valence-electron chi connectivity index (χ0n) is 18.9. The number of ether oxygens (including phenoxy) is 1. The lowest BCUT2D eigenvalue weighted by atomic mass is 10.1. The molecule has 1 fully saturated rings. The van der Waals surface area contributed by atoms with E-state index >= 15 is 0 Å². The molecule has 8 nitrogen and oxygen atoms in total. The Morgan fingerprint density at radius 1 is 1.34 bits per heavy atom. The van der Waals surface area contributed by atoms with Gasteiger partial charge in [0.25, 0.3) is 0 Å². The van der Waals surface area contributed by atoms with Crippen molar-refractivity contribution in [2.24, 2.45) is 11.1 Å². The summed E-state index contributed by atoms with van der Waals surface area (Å²) in [4.78, 5) is 20.3. The smallest absolute Gasteiger partial charge is 0.180 e. The van der Waals surface area contributed by atoms with E-state index in [2.05, 4.69) is 52.2 Å². The van der Waals surface area contributed by atoms with Gasteiger partial charge in [-0.1, -0.05) is 37.2 Å². The van der Waals surface area contributed by atoms with Gasteiger partial charge in [0, 0.05) is 25.5 Å². The molecule has 3 aromatic rings. The Morgan fingerprint density at radius 2 is 2.16 bits per heavy atom. The Kier molecular flexibility index (Phi) is 8.19. The van der Waals surface area contributed by atoms with Crippen LogP contribution in [-0.4, -0.2) is 50.9 Å². The zero-order valence-corrected chi connectivity index (χ0v) is 19.7. The molecule has 0 aromatic carbocycles. The Labute approximate surface area is 193 Å². The van der Waals surface area contributed by atoms with Crippen molar-refractivity contribution in [3.63, 3.8) is 0 Å². The molecule has 0 unspecified atom stereocenters. The van der Waals surface area contributed by atoms with Crippen LogP contribution in [0, 0.1) is 5.92 Å². The maximum absolute atomic E-state index is 6.09. The van der Waals surface area contributed by atoms with Gasteiger partial charge in [0.15, 0.2) is 5.82 Å². The van der Waals surface area contributed by atoms with Crippen molar-refractivity contribution in [3.05, 3.63) is 54.7 Å². The Bertz CT molecular complexity index is 1080. The van der Waals surface area contributed by atoms with Crippen LogP contribution < -0.4 is 4.90 Å². The van der Waals surface area contributed by atoms with Crippen molar-refractivity contribution in [2.45, 2.75) is 33.8 Å². The number of anilines is 1. The van der Waals surface area contributed by atoms with Crippen molar-refractivity contribution in [1.82, 2.24) is 19.4 Å². The number of rotatable bonds is 5. The van der Waals surface area contributed by atoms with Crippen LogP contribution >= 0.6 is 11.6 Å². The van der Waals surface area contributed by atoms with E-state index in [0.717, 1.165) is 36.0 Å². The minimum Gasteiger partial charge on any atom is -0.375 e. The van der Waals surface area contributed by atoms with E-state index in [-0.39, 0.29) is 6.10 Å². The van der Waals surface area contributed by atoms with E-state index in [1.165, 1.54) is 6.26 Å². The van der Waals surface area contributed by atoms with Gasteiger partial charge in [0.1, 0.15) is 23.4 Å². The van der Waals surface area contributed by atoms with Crippen LogP contribution in [0.2, 0.25) is 5.02 Å². The normalized spacial score (nSPS) is 16.6. The molecular weight excluding hydrogens is 428 g/mol. The highest BCUT2D eigenvalue weighted by Gasteiger charge is 2.19. The number of hydrogen-bond donors (Lipinski definition) is 0. The Hall–Kier alpha value is -2.97. The van der Waals surface area contributed by atoms with Gasteiger partial charge >= 0.3 is 0 Å². The fourth-order valence-corrected chi connectivity index (χ4v) is 3.18. The molecule has 1 saturated heterocycles. The van der Waals surface area contributed by atoms with E-state index in [9.17, 15) is 0 Å². The van der Waals surface area contributed by atoms with Gasteiger partial charge in [0.2, 0.25) is 0 Å². The molecule has 32 heavy (non-hydrogen) atoms. The van der Waals surface area contributed by atoms with Gasteiger partial charge < -0.3 is 14.5 Å². The molecule has 0 radical (unpaired) electrons. The molecule has 4 rings (SSSR count). The highest BCUT2D eigenvalue weighted by Crippen LogP contribution is 2.22. The third-order valence-corrected chi connectivity index (χ3v) is 5.23. The van der Waals surface area contributed by atoms with Crippen LogP contribution in [0.25, 0.3) is 17.2 Å². The van der Waals surface area contributed by atoms with Crippen LogP contribution in [0.3, 0.4) is 0 Å². The lowest BCUT2D eigenvalue weighted by Crippen LogP contribution is -2.41. The fourth-order valence-electron chi connectivity index (χ4n) is 3.02. The molecule has 3 aromatic heterocycles. The monoisotopic (exact) mass is 456 g/mol. The lowest BCUT2D eigenvalue weighted by molar-refractivity contribution is 0.0529. The van der Waals surface area contributed by atoms with Crippen LogP contribution in [0.4, 0.5) is 5.82 Å². The van der Waals surface area contributed by atoms with E-state index in [0.29, 0.717) is 23.4 Å². The molecule has 4 heterocycles. The first-order valence-corrected chi connectivity index (χ1v) is 10.9. The molecule has 0 aliphatic carbocycles. The summed E-state index contributed by atoms with van der Waals surface area (Å²) in [7, 11) is 0. The molecule has 0 saturated carbocycles. The topological polar surface area (TPSA) is 77.1 Å². The maximum atomic E-state index is 6.09. The summed E-state index contributed by atoms with van der Waals surface area (Å²) >= 11 is 6.09. The highest BCUT2D eigenvalue weighted by molar-refractivity contribution is 6.30. The van der Waals surface area contributed by atoms with Crippen LogP contribution in [0.1, 0.15) is 27.7 Å². The molecule has 0 bridgehead atoms. The van der Waals surface area contributed by atoms with Crippen LogP contribution in [0.5, 0.6) is 0 Å². The molecule has 0 amide bonds. The number of hydrogen-bond acceptors (Lipinski definition) is 7. The molecule has 0 spiro atoms. The van der Waals surface area contributed by atoms with Gasteiger partial charge in [-0.15, -0.1) is 0 Å². The standard InChI is InChI=1S/C16H16ClN5O.C7H13NO/c1-11-9-21(6-7-23-11)15-4-5-18-16(20-15)13-8-19-14-3-2-12(17)10-22(13)14;1-5-9-8-7(4)6(2)3/h2-5,8,10-11H,6-7,9H2,1H3;5-6H,1H2,2-4H3/b;8-7-/t11-;/m0./s1. The molecule has 170 valence electrons. The highest BCUT2D eigenvalue weighted by atomic mass is 35.5. The number of nitrogens with zero attached hydrogens (tertiary/aromatic N) is 6. The second kappa shape index (κ2) is 11.1. The van der Waals surface area contributed by atoms with Crippen molar-refractivity contribution in [3.8, 4) is 11.5 Å². The van der Waals surface area contributed by atoms with Crippen molar-refractivity contribution in [1.29, 1.82) is 0 Å². The van der Waals surface area contributed by atoms with E-state index < -0.39 is 0 Å². The minimum atomic E-state index is 0.205. The summed E-state index contributed by atoms with van der Waals surface area (Å²) in [5, 5.41) is 4.39. The van der Waals surface area contributed by atoms with Gasteiger partial charge in [-0.2, -0.15) is 0 Å². The summed E-state index contributed by atoms with van der Waals surface area (Å²) in [6.07, 6.45) is 6.89. The van der Waals surface area contributed by atoms with Crippen molar-refractivity contribution >= 4 is 28.8 Å². The summed E-state index contributed by atoms with van der Waals surface area (Å²) in [6, 6.07) is 5.62. The van der Waals surface area contributed by atoms with Gasteiger partial charge in [-0.25, -0.2) is 15.0 Å². The molecule has 1 aliphatic heterocycles. The summed E-state index contributed by atoms with van der Waals surface area (Å²) in [5.41, 5.74) is 2.62. The molecule has 9 heteroatoms. The Balaban J connectivity index is 0.000000275. The van der Waals surface area contributed by atoms with Crippen molar-refractivity contribution in [2.75, 3.05) is 24.6 Å². The van der Waals surface area contributed by atoms with E-state index in [4.69, 9.17) is 21.3 Å². The number of fused-ring (bicyclic) bond motifs is 1. The molecule has 1 aliphatic rings. The third-order valence-electron chi connectivity index (χ3n) is 5.01. The predicted molar refractivity (Wildman–Crippen MR) is 128 cm³/mol. The lowest BCUT2D eigenvalue weighted by Gasteiger charge is -2.32. The fraction of sp³-hybridized carbons (Fsp3) is 0.391. The summed E-state index contributed by atoms with van der Waals surface area (Å²) in [6.45, 7) is 13.9. The molecular formula is C23H29ClN6O2. The van der Waals surface area contributed by atoms with Gasteiger partial charge in [0.05, 0.1) is 29.6 Å². The summed E-state index contributed by atoms with van der Waals surface area (Å²) in [5.74, 6) is 1.99. The van der Waals surface area contributed by atoms with Crippen molar-refractivity contribution < 1.29 is 9.57 Å². The quantitative estimate of drug-likeness (QED) is 0.310. The van der Waals surface area contributed by atoms with Crippen LogP contribution in [0.15, 0.2) is 54.8 Å². The third kappa shape index (κ3) is 6.05. The largest absolute Gasteiger partial charge is 0.375 e. The minimum absolute atomic E-state index is 0.205. The number of oxime groups is 1. The number of aromatic nitrogens is 4. The number of halogens is 1. The van der Waals surface area contributed by atoms with E-state index in [1.54, 1.807) is 12.4 Å². The van der Waals surface area contributed by atoms with E-state index in [1.807, 2.05) is 35.7 Å². The zero-order chi connectivity index (χ0) is 23.1. The molecule has 1 atom stereocenters. The molecule has 0 N–H and O–H groups in total. The maximum Gasteiger partial charge on any atom is 0.180 e. The number of morpholine rings is 1. The first-order chi connectivity index (χ1) is 15.4. The second-order valence-corrected chi connectivity index (χ2v) is 8.18. The second-order valence-electron chi connectivity index (χ2n) is 7.74. The Morgan fingerprint density at radius 3 is 2.88 bits per heavy atom. The SMILES string of the molecule is C=CO/N=C(/C)C(C)C.C[C@H]1CN(c2ccnc(-c3cnc4ccc(Cl)cn34)n2)CCO1. The van der Waals surface area contributed by atoms with Gasteiger partial charge in [-0.05, 0) is 38.0 Å².